The lowest BCUT2D eigenvalue weighted by Crippen LogP contribution is -2.37. The maximum Gasteiger partial charge on any atom is 0.275 e. The van der Waals surface area contributed by atoms with Crippen LogP contribution in [0.2, 0.25) is 0 Å². The van der Waals surface area contributed by atoms with Gasteiger partial charge in [-0.2, -0.15) is 0 Å². The van der Waals surface area contributed by atoms with E-state index in [2.05, 4.69) is 9.88 Å². The number of benzene rings is 1. The zero-order chi connectivity index (χ0) is 23.9. The number of guanidine groups is 1. The lowest BCUT2D eigenvalue weighted by molar-refractivity contribution is -0.131. The summed E-state index contributed by atoms with van der Waals surface area (Å²) in [7, 11) is -2.43. The van der Waals surface area contributed by atoms with E-state index in [1.807, 2.05) is 6.92 Å². The number of hydrogen-bond donors (Lipinski definition) is 3. The SMILES string of the molecule is C.CCc1ccc(NS(=O)(=O)c2cccc(C)c2)c(=O)n1CC(=O)N(C)CCON=C(N)N. The van der Waals surface area contributed by atoms with E-state index in [0.29, 0.717) is 12.1 Å². The van der Waals surface area contributed by atoms with Gasteiger partial charge in [0.15, 0.2) is 0 Å². The van der Waals surface area contributed by atoms with Gasteiger partial charge in [0.1, 0.15) is 18.8 Å². The number of likely N-dealkylation sites (N-methyl/N-ethyl adjacent to an activating group) is 1. The Morgan fingerprint density at radius 2 is 1.94 bits per heavy atom. The molecule has 11 nitrogen and oxygen atoms in total. The van der Waals surface area contributed by atoms with E-state index in [4.69, 9.17) is 16.3 Å². The Morgan fingerprint density at radius 3 is 2.55 bits per heavy atom. The molecule has 0 atom stereocenters. The zero-order valence-corrected chi connectivity index (χ0v) is 19.1. The second-order valence-corrected chi connectivity index (χ2v) is 8.75. The summed E-state index contributed by atoms with van der Waals surface area (Å²) in [6.45, 7) is 3.59. The quantitative estimate of drug-likeness (QED) is 0.196. The molecule has 2 rings (SSSR count). The first-order chi connectivity index (χ1) is 15.0. The molecular formula is C21H32N6O5S. The molecule has 33 heavy (non-hydrogen) atoms. The summed E-state index contributed by atoms with van der Waals surface area (Å²) in [6, 6.07) is 9.36. The minimum Gasteiger partial charge on any atom is -0.391 e. The van der Waals surface area contributed by atoms with E-state index in [0.717, 1.165) is 5.56 Å². The minimum atomic E-state index is -3.97. The number of oxime groups is 1. The summed E-state index contributed by atoms with van der Waals surface area (Å²) < 4.78 is 29.0. The van der Waals surface area contributed by atoms with Crippen LogP contribution < -0.4 is 21.7 Å². The highest BCUT2D eigenvalue weighted by atomic mass is 32.2. The summed E-state index contributed by atoms with van der Waals surface area (Å²) in [5, 5.41) is 3.37. The van der Waals surface area contributed by atoms with Crippen molar-refractivity contribution in [1.82, 2.24) is 9.47 Å². The van der Waals surface area contributed by atoms with Crippen LogP contribution in [0.15, 0.2) is 51.2 Å². The fourth-order valence-corrected chi connectivity index (χ4v) is 4.00. The van der Waals surface area contributed by atoms with Crippen molar-refractivity contribution in [2.24, 2.45) is 16.6 Å². The predicted octanol–water partition coefficient (Wildman–Crippen LogP) is 0.819. The molecule has 12 heteroatoms. The minimum absolute atomic E-state index is 0. The molecule has 0 saturated carbocycles. The van der Waals surface area contributed by atoms with Crippen molar-refractivity contribution in [2.45, 2.75) is 39.1 Å². The summed E-state index contributed by atoms with van der Waals surface area (Å²) in [5.41, 5.74) is 10.9. The number of carbonyl (C=O) groups excluding carboxylic acids is 1. The number of carbonyl (C=O) groups is 1. The first-order valence-electron chi connectivity index (χ1n) is 9.82. The van der Waals surface area contributed by atoms with Gasteiger partial charge in [-0.15, -0.1) is 0 Å². The van der Waals surface area contributed by atoms with E-state index in [-0.39, 0.29) is 49.6 Å². The van der Waals surface area contributed by atoms with Crippen molar-refractivity contribution in [3.63, 3.8) is 0 Å². The first-order valence-corrected chi connectivity index (χ1v) is 11.3. The first kappa shape index (κ1) is 27.5. The van der Waals surface area contributed by atoms with Crippen molar-refractivity contribution in [2.75, 3.05) is 24.9 Å². The van der Waals surface area contributed by atoms with Crippen LogP contribution in [0.1, 0.15) is 25.6 Å². The maximum atomic E-state index is 13.0. The van der Waals surface area contributed by atoms with Crippen LogP contribution >= 0.6 is 0 Å². The van der Waals surface area contributed by atoms with Crippen molar-refractivity contribution in [1.29, 1.82) is 0 Å². The third-order valence-corrected chi connectivity index (χ3v) is 5.94. The number of anilines is 1. The van der Waals surface area contributed by atoms with Gasteiger partial charge in [0.2, 0.25) is 11.9 Å². The van der Waals surface area contributed by atoms with Gasteiger partial charge in [0.25, 0.3) is 15.6 Å². The second-order valence-electron chi connectivity index (χ2n) is 7.07. The molecule has 0 spiro atoms. The van der Waals surface area contributed by atoms with Gasteiger partial charge in [-0.3, -0.25) is 14.3 Å². The highest BCUT2D eigenvalue weighted by molar-refractivity contribution is 7.92. The fourth-order valence-electron chi connectivity index (χ4n) is 2.84. The molecule has 0 bridgehead atoms. The second kappa shape index (κ2) is 11.9. The normalized spacial score (nSPS) is 10.6. The standard InChI is InChI=1S/C20H28N6O5S.CH4/c1-4-15-8-9-17(24-32(29,30)16-7-5-6-14(2)12-16)19(28)26(15)13-18(27)25(3)10-11-31-23-20(21)22;/h5-9,12,24H,4,10-11,13H2,1-3H3,(H4,21,22,23);1H4. The Bertz CT molecular complexity index is 1160. The molecule has 0 unspecified atom stereocenters. The largest absolute Gasteiger partial charge is 0.391 e. The van der Waals surface area contributed by atoms with Gasteiger partial charge in [-0.1, -0.05) is 26.5 Å². The summed E-state index contributed by atoms with van der Waals surface area (Å²) in [5.74, 6) is -0.600. The van der Waals surface area contributed by atoms with Crippen molar-refractivity contribution >= 4 is 27.6 Å². The van der Waals surface area contributed by atoms with Crippen LogP contribution in [0, 0.1) is 6.92 Å². The average Bonchev–Trinajstić information content (AvgIpc) is 2.73. The Balaban J connectivity index is 0.00000544. The van der Waals surface area contributed by atoms with E-state index in [9.17, 15) is 18.0 Å². The van der Waals surface area contributed by atoms with E-state index >= 15 is 0 Å². The van der Waals surface area contributed by atoms with Gasteiger partial charge >= 0.3 is 0 Å². The Labute approximate surface area is 194 Å². The highest BCUT2D eigenvalue weighted by Crippen LogP contribution is 2.15. The third kappa shape index (κ3) is 7.52. The number of sulfonamides is 1. The van der Waals surface area contributed by atoms with Crippen molar-refractivity contribution in [3.05, 3.63) is 58.0 Å². The molecule has 0 aliphatic carbocycles. The van der Waals surface area contributed by atoms with Gasteiger partial charge in [-0.25, -0.2) is 8.42 Å². The molecule has 182 valence electrons. The lowest BCUT2D eigenvalue weighted by Gasteiger charge is -2.19. The molecule has 0 radical (unpaired) electrons. The third-order valence-electron chi connectivity index (χ3n) is 4.58. The number of amides is 1. The van der Waals surface area contributed by atoms with Crippen LogP contribution in [0.25, 0.3) is 0 Å². The number of nitrogens with zero attached hydrogens (tertiary/aromatic N) is 3. The van der Waals surface area contributed by atoms with Crippen LogP contribution in [0.5, 0.6) is 0 Å². The molecule has 2 aromatic rings. The molecule has 0 aliphatic rings. The number of aromatic nitrogens is 1. The smallest absolute Gasteiger partial charge is 0.275 e. The molecule has 0 fully saturated rings. The van der Waals surface area contributed by atoms with Crippen LogP contribution in [0.3, 0.4) is 0 Å². The number of nitrogens with one attached hydrogen (secondary N) is 1. The number of pyridine rings is 1. The van der Waals surface area contributed by atoms with Crippen molar-refractivity contribution in [3.8, 4) is 0 Å². The van der Waals surface area contributed by atoms with E-state index in [1.54, 1.807) is 32.2 Å². The number of nitrogens with two attached hydrogens (primary N) is 2. The summed E-state index contributed by atoms with van der Waals surface area (Å²) in [4.78, 5) is 31.9. The molecule has 1 aromatic carbocycles. The van der Waals surface area contributed by atoms with Crippen LogP contribution in [0.4, 0.5) is 5.69 Å². The molecule has 0 saturated heterocycles. The number of hydrogen-bond acceptors (Lipinski definition) is 6. The number of rotatable bonds is 10. The topological polar surface area (TPSA) is 162 Å². The molecule has 0 aliphatic heterocycles. The van der Waals surface area contributed by atoms with Gasteiger partial charge in [0.05, 0.1) is 11.4 Å². The Morgan fingerprint density at radius 1 is 1.24 bits per heavy atom. The summed E-state index contributed by atoms with van der Waals surface area (Å²) in [6.07, 6.45) is 0.477. The Hall–Kier alpha value is -3.54. The summed E-state index contributed by atoms with van der Waals surface area (Å²) >= 11 is 0. The fraction of sp³-hybridized carbons (Fsp3) is 0.381. The van der Waals surface area contributed by atoms with E-state index < -0.39 is 15.6 Å². The average molecular weight is 481 g/mol. The van der Waals surface area contributed by atoms with Gasteiger partial charge < -0.3 is 25.8 Å². The molecule has 1 aromatic heterocycles. The lowest BCUT2D eigenvalue weighted by atomic mass is 10.2. The van der Waals surface area contributed by atoms with Gasteiger partial charge in [0, 0.05) is 12.7 Å². The monoisotopic (exact) mass is 480 g/mol. The molecule has 5 N–H and O–H groups in total. The number of aryl methyl sites for hydroxylation is 2. The predicted molar refractivity (Wildman–Crippen MR) is 128 cm³/mol. The zero-order valence-electron chi connectivity index (χ0n) is 18.2. The molecule has 1 amide bonds. The molecular weight excluding hydrogens is 448 g/mol. The van der Waals surface area contributed by atoms with Crippen LogP contribution in [-0.2, 0) is 32.6 Å². The van der Waals surface area contributed by atoms with Crippen LogP contribution in [-0.4, -0.2) is 50.0 Å². The maximum absolute atomic E-state index is 13.0. The highest BCUT2D eigenvalue weighted by Gasteiger charge is 2.19. The van der Waals surface area contributed by atoms with E-state index in [1.165, 1.54) is 27.7 Å². The molecule has 1 heterocycles. The van der Waals surface area contributed by atoms with Gasteiger partial charge in [-0.05, 0) is 48.3 Å². The van der Waals surface area contributed by atoms with Crippen molar-refractivity contribution < 1.29 is 18.0 Å². The Kier molecular flexibility index (Phi) is 9.92.